The summed E-state index contributed by atoms with van der Waals surface area (Å²) >= 11 is 0. The Hall–Kier alpha value is -2.59. The molecule has 0 unspecified atom stereocenters. The summed E-state index contributed by atoms with van der Waals surface area (Å²) in [4.78, 5) is 6.79. The van der Waals surface area contributed by atoms with Gasteiger partial charge in [-0.05, 0) is 6.07 Å². The van der Waals surface area contributed by atoms with Gasteiger partial charge in [-0.2, -0.15) is 10.5 Å². The maximum Gasteiger partial charge on any atom is 0.101 e. The molecule has 0 fully saturated rings. The van der Waals surface area contributed by atoms with Gasteiger partial charge in [-0.1, -0.05) is 12.1 Å². The van der Waals surface area contributed by atoms with Crippen molar-refractivity contribution in [1.82, 2.24) is 9.97 Å². The van der Waals surface area contributed by atoms with E-state index in [9.17, 15) is 0 Å². The van der Waals surface area contributed by atoms with Gasteiger partial charge in [-0.15, -0.1) is 0 Å². The first kappa shape index (κ1) is 8.98. The summed E-state index contributed by atoms with van der Waals surface area (Å²) in [7, 11) is 0. The lowest BCUT2D eigenvalue weighted by Crippen LogP contribution is -1.89. The zero-order valence-electron chi connectivity index (χ0n) is 7.73. The van der Waals surface area contributed by atoms with Crippen molar-refractivity contribution in [2.75, 3.05) is 0 Å². The fourth-order valence-electron chi connectivity index (χ4n) is 1.39. The third-order valence-corrected chi connectivity index (χ3v) is 2.09. The Morgan fingerprint density at radius 2 is 2.07 bits per heavy atom. The molecule has 1 heterocycles. The van der Waals surface area contributed by atoms with Crippen LogP contribution in [0.5, 0.6) is 0 Å². The lowest BCUT2D eigenvalue weighted by Gasteiger charge is -2.01. The Balaban J connectivity index is 2.70. The van der Waals surface area contributed by atoms with E-state index in [4.69, 9.17) is 10.5 Å². The quantitative estimate of drug-likeness (QED) is 0.752. The van der Waals surface area contributed by atoms with Crippen molar-refractivity contribution in [2.24, 2.45) is 0 Å². The molecule has 0 saturated heterocycles. The maximum absolute atomic E-state index is 8.99. The van der Waals surface area contributed by atoms with Gasteiger partial charge in [0.2, 0.25) is 0 Å². The molecule has 15 heavy (non-hydrogen) atoms. The van der Waals surface area contributed by atoms with E-state index in [1.807, 2.05) is 12.1 Å². The summed E-state index contributed by atoms with van der Waals surface area (Å²) in [6.07, 6.45) is 3.16. The van der Waals surface area contributed by atoms with Crippen molar-refractivity contribution >= 4 is 0 Å². The van der Waals surface area contributed by atoms with Crippen molar-refractivity contribution in [2.45, 2.75) is 0 Å². The zero-order valence-corrected chi connectivity index (χ0v) is 7.73. The number of hydrogen-bond acceptors (Lipinski definition) is 3. The predicted molar refractivity (Wildman–Crippen MR) is 53.5 cm³/mol. The number of benzene rings is 1. The molecule has 0 spiro atoms. The molecule has 0 aliphatic heterocycles. The van der Waals surface area contributed by atoms with Crippen LogP contribution in [0.2, 0.25) is 0 Å². The largest absolute Gasteiger partial charge is 0.345 e. The van der Waals surface area contributed by atoms with Crippen LogP contribution in [0.1, 0.15) is 11.1 Å². The van der Waals surface area contributed by atoms with E-state index >= 15 is 0 Å². The topological polar surface area (TPSA) is 76.3 Å². The normalized spacial score (nSPS) is 9.20. The van der Waals surface area contributed by atoms with Crippen LogP contribution >= 0.6 is 0 Å². The molecule has 0 bridgehead atoms. The van der Waals surface area contributed by atoms with E-state index < -0.39 is 0 Å². The van der Waals surface area contributed by atoms with E-state index in [1.54, 1.807) is 24.4 Å². The first-order chi connectivity index (χ1) is 7.36. The van der Waals surface area contributed by atoms with E-state index in [1.165, 1.54) is 6.33 Å². The van der Waals surface area contributed by atoms with Gasteiger partial charge in [0.25, 0.3) is 0 Å². The Morgan fingerprint density at radius 1 is 1.20 bits per heavy atom. The third kappa shape index (κ3) is 1.45. The fourth-order valence-corrected chi connectivity index (χ4v) is 1.39. The number of rotatable bonds is 1. The number of aromatic amines is 1. The van der Waals surface area contributed by atoms with Crippen LogP contribution in [0.25, 0.3) is 11.3 Å². The second kappa shape index (κ2) is 3.65. The molecule has 0 radical (unpaired) electrons. The Bertz CT molecular complexity index is 555. The minimum Gasteiger partial charge on any atom is -0.345 e. The van der Waals surface area contributed by atoms with Gasteiger partial charge in [0.1, 0.15) is 12.1 Å². The maximum atomic E-state index is 8.99. The highest BCUT2D eigenvalue weighted by molar-refractivity contribution is 5.70. The molecular formula is C11H6N4. The molecule has 0 saturated carbocycles. The third-order valence-electron chi connectivity index (χ3n) is 2.09. The standard InChI is InChI=1S/C11H6N4/c12-4-8-2-1-3-9(10(8)5-13)11-6-14-7-15-11/h1-3,6-7H,(H,14,15). The molecule has 0 aliphatic carbocycles. The van der Waals surface area contributed by atoms with Gasteiger partial charge in [-0.25, -0.2) is 4.98 Å². The van der Waals surface area contributed by atoms with Gasteiger partial charge >= 0.3 is 0 Å². The predicted octanol–water partition coefficient (Wildman–Crippen LogP) is 1.82. The lowest BCUT2D eigenvalue weighted by molar-refractivity contribution is 1.31. The van der Waals surface area contributed by atoms with Crippen LogP contribution in [0, 0.1) is 22.7 Å². The summed E-state index contributed by atoms with van der Waals surface area (Å²) in [5.74, 6) is 0. The highest BCUT2D eigenvalue weighted by Crippen LogP contribution is 2.23. The Kier molecular flexibility index (Phi) is 2.19. The van der Waals surface area contributed by atoms with Crippen LogP contribution in [0.15, 0.2) is 30.7 Å². The van der Waals surface area contributed by atoms with Crippen LogP contribution in [0.4, 0.5) is 0 Å². The average Bonchev–Trinajstić information content (AvgIpc) is 2.81. The molecule has 0 atom stereocenters. The average molecular weight is 194 g/mol. The number of nitrogens with one attached hydrogen (secondary N) is 1. The minimum atomic E-state index is 0.379. The van der Waals surface area contributed by atoms with Crippen molar-refractivity contribution in [1.29, 1.82) is 10.5 Å². The van der Waals surface area contributed by atoms with Crippen LogP contribution in [-0.4, -0.2) is 9.97 Å². The fraction of sp³-hybridized carbons (Fsp3) is 0. The Labute approximate surface area is 86.4 Å². The van der Waals surface area contributed by atoms with Gasteiger partial charge < -0.3 is 4.98 Å². The molecule has 1 N–H and O–H groups in total. The number of hydrogen-bond donors (Lipinski definition) is 1. The van der Waals surface area contributed by atoms with Crippen LogP contribution in [-0.2, 0) is 0 Å². The molecule has 4 nitrogen and oxygen atoms in total. The monoisotopic (exact) mass is 194 g/mol. The second-order valence-corrected chi connectivity index (χ2v) is 2.92. The van der Waals surface area contributed by atoms with E-state index in [-0.39, 0.29) is 0 Å². The summed E-state index contributed by atoms with van der Waals surface area (Å²) in [5, 5.41) is 17.8. The minimum absolute atomic E-state index is 0.379. The van der Waals surface area contributed by atoms with Crippen molar-refractivity contribution in [3.8, 4) is 23.4 Å². The first-order valence-electron chi connectivity index (χ1n) is 4.28. The zero-order chi connectivity index (χ0) is 10.7. The van der Waals surface area contributed by atoms with Gasteiger partial charge in [0, 0.05) is 5.56 Å². The molecule has 4 heteroatoms. The molecule has 2 aromatic rings. The highest BCUT2D eigenvalue weighted by Gasteiger charge is 2.09. The molecule has 2 rings (SSSR count). The van der Waals surface area contributed by atoms with Crippen molar-refractivity contribution in [3.05, 3.63) is 41.9 Å². The second-order valence-electron chi connectivity index (χ2n) is 2.92. The van der Waals surface area contributed by atoms with E-state index in [0.717, 1.165) is 5.69 Å². The molecular weight excluding hydrogens is 188 g/mol. The van der Waals surface area contributed by atoms with E-state index in [2.05, 4.69) is 9.97 Å². The SMILES string of the molecule is N#Cc1cccc(-c2cnc[nH]2)c1C#N. The van der Waals surface area contributed by atoms with Gasteiger partial charge in [0.15, 0.2) is 0 Å². The molecule has 0 aliphatic rings. The van der Waals surface area contributed by atoms with Crippen LogP contribution in [0.3, 0.4) is 0 Å². The number of nitriles is 2. The van der Waals surface area contributed by atoms with Gasteiger partial charge in [-0.3, -0.25) is 0 Å². The molecule has 1 aromatic carbocycles. The smallest absolute Gasteiger partial charge is 0.101 e. The Morgan fingerprint density at radius 3 is 2.67 bits per heavy atom. The summed E-state index contributed by atoms with van der Waals surface area (Å²) in [6.45, 7) is 0. The first-order valence-corrected chi connectivity index (χ1v) is 4.28. The summed E-state index contributed by atoms with van der Waals surface area (Å²) in [5.41, 5.74) is 2.20. The van der Waals surface area contributed by atoms with Crippen LogP contribution < -0.4 is 0 Å². The molecule has 0 amide bonds. The van der Waals surface area contributed by atoms with Crippen molar-refractivity contribution < 1.29 is 0 Å². The van der Waals surface area contributed by atoms with E-state index in [0.29, 0.717) is 16.7 Å². The molecule has 1 aromatic heterocycles. The summed E-state index contributed by atoms with van der Waals surface area (Å²) in [6, 6.07) is 9.18. The van der Waals surface area contributed by atoms with Gasteiger partial charge in [0.05, 0.1) is 29.3 Å². The number of H-pyrrole nitrogens is 1. The van der Waals surface area contributed by atoms with Crippen molar-refractivity contribution in [3.63, 3.8) is 0 Å². The molecule has 70 valence electrons. The number of aromatic nitrogens is 2. The number of imidazole rings is 1. The number of nitrogens with zero attached hydrogens (tertiary/aromatic N) is 3. The summed E-state index contributed by atoms with van der Waals surface area (Å²) < 4.78 is 0. The lowest BCUT2D eigenvalue weighted by atomic mass is 10.0. The highest BCUT2D eigenvalue weighted by atomic mass is 14.9.